The monoisotopic (exact) mass is 332 g/mol. The van der Waals surface area contributed by atoms with Gasteiger partial charge in [-0.25, -0.2) is 4.57 Å². The first-order valence-electron chi connectivity index (χ1n) is 10.8. The average Bonchev–Trinajstić information content (AvgIpc) is 2.58. The van der Waals surface area contributed by atoms with E-state index in [1.54, 1.807) is 11.1 Å². The topological polar surface area (TPSA) is 3.88 Å². The number of rotatable bonds is 15. The Morgan fingerprint density at radius 2 is 1.04 bits per heavy atom. The zero-order valence-electron chi connectivity index (χ0n) is 16.8. The maximum Gasteiger partial charge on any atom is 0.171 e. The van der Waals surface area contributed by atoms with E-state index in [0.29, 0.717) is 0 Å². The molecule has 1 aromatic rings. The van der Waals surface area contributed by atoms with Gasteiger partial charge >= 0.3 is 0 Å². The summed E-state index contributed by atoms with van der Waals surface area (Å²) in [5.74, 6) is 0. The fraction of sp³-hybridized carbons (Fsp3) is 0.783. The Hall–Kier alpha value is -0.850. The van der Waals surface area contributed by atoms with Crippen molar-refractivity contribution in [3.63, 3.8) is 0 Å². The van der Waals surface area contributed by atoms with Gasteiger partial charge in [0.1, 0.15) is 6.54 Å². The zero-order valence-corrected chi connectivity index (χ0v) is 16.8. The second-order valence-electron chi connectivity index (χ2n) is 7.47. The van der Waals surface area contributed by atoms with Gasteiger partial charge in [-0.05, 0) is 38.2 Å². The van der Waals surface area contributed by atoms with Crippen molar-refractivity contribution in [2.45, 2.75) is 117 Å². The second-order valence-corrected chi connectivity index (χ2v) is 7.47. The van der Waals surface area contributed by atoms with Crippen LogP contribution in [0.25, 0.3) is 0 Å². The van der Waals surface area contributed by atoms with Crippen molar-refractivity contribution < 1.29 is 4.57 Å². The van der Waals surface area contributed by atoms with Gasteiger partial charge in [-0.2, -0.15) is 0 Å². The summed E-state index contributed by atoms with van der Waals surface area (Å²) in [5, 5.41) is 0. The lowest BCUT2D eigenvalue weighted by atomic mass is 10.0. The molecule has 138 valence electrons. The molecule has 0 spiro atoms. The van der Waals surface area contributed by atoms with Crippen LogP contribution in [0.3, 0.4) is 0 Å². The first-order valence-corrected chi connectivity index (χ1v) is 10.8. The normalized spacial score (nSPS) is 11.1. The Morgan fingerprint density at radius 1 is 0.583 bits per heavy atom. The molecule has 0 aliphatic carbocycles. The van der Waals surface area contributed by atoms with Crippen LogP contribution in [0, 0.1) is 0 Å². The van der Waals surface area contributed by atoms with Gasteiger partial charge < -0.3 is 0 Å². The summed E-state index contributed by atoms with van der Waals surface area (Å²) in [6, 6.07) is 2.48. The smallest absolute Gasteiger partial charge is 0.171 e. The standard InChI is InChI=1S/C23H42N/c1-4-7-10-11-12-15-18-24-20-22(16-13-8-5-2)19-23(21-24)17-14-9-6-3/h19-21H,4-18H2,1-3H3/q+1. The van der Waals surface area contributed by atoms with Crippen LogP contribution in [-0.2, 0) is 19.4 Å². The predicted molar refractivity (Wildman–Crippen MR) is 106 cm³/mol. The largest absolute Gasteiger partial charge is 0.205 e. The van der Waals surface area contributed by atoms with Gasteiger partial charge in [0.15, 0.2) is 12.4 Å². The minimum atomic E-state index is 1.20. The van der Waals surface area contributed by atoms with Crippen LogP contribution >= 0.6 is 0 Å². The van der Waals surface area contributed by atoms with Crippen LogP contribution in [0.4, 0.5) is 0 Å². The molecule has 0 bridgehead atoms. The highest BCUT2D eigenvalue weighted by Crippen LogP contribution is 2.11. The summed E-state index contributed by atoms with van der Waals surface area (Å²) < 4.78 is 2.49. The highest BCUT2D eigenvalue weighted by atomic mass is 14.9. The highest BCUT2D eigenvalue weighted by Gasteiger charge is 2.08. The summed E-state index contributed by atoms with van der Waals surface area (Å²) in [6.45, 7) is 8.08. The van der Waals surface area contributed by atoms with Crippen LogP contribution in [0.1, 0.15) is 109 Å². The predicted octanol–water partition coefficient (Wildman–Crippen LogP) is 6.80. The Labute approximate surface area is 151 Å². The lowest BCUT2D eigenvalue weighted by Gasteiger charge is -2.06. The summed E-state index contributed by atoms with van der Waals surface area (Å²) in [4.78, 5) is 0. The molecule has 0 aromatic carbocycles. The van der Waals surface area contributed by atoms with E-state index in [0.717, 1.165) is 0 Å². The van der Waals surface area contributed by atoms with E-state index in [9.17, 15) is 0 Å². The van der Waals surface area contributed by atoms with E-state index >= 15 is 0 Å². The third kappa shape index (κ3) is 10.1. The number of unbranched alkanes of at least 4 members (excludes halogenated alkanes) is 9. The summed E-state index contributed by atoms with van der Waals surface area (Å²) >= 11 is 0. The minimum absolute atomic E-state index is 1.20. The molecule has 0 aliphatic rings. The maximum absolute atomic E-state index is 2.49. The molecule has 1 heterocycles. The molecule has 0 N–H and O–H groups in total. The quantitative estimate of drug-likeness (QED) is 0.245. The molecule has 0 aliphatic heterocycles. The number of hydrogen-bond acceptors (Lipinski definition) is 0. The Bertz CT molecular complexity index is 382. The second kappa shape index (κ2) is 14.5. The number of aromatic nitrogens is 1. The Morgan fingerprint density at radius 3 is 1.58 bits per heavy atom. The first-order chi connectivity index (χ1) is 11.8. The van der Waals surface area contributed by atoms with Crippen molar-refractivity contribution in [1.29, 1.82) is 0 Å². The molecule has 0 unspecified atom stereocenters. The molecule has 0 saturated carbocycles. The van der Waals surface area contributed by atoms with Crippen molar-refractivity contribution >= 4 is 0 Å². The highest BCUT2D eigenvalue weighted by molar-refractivity contribution is 5.15. The van der Waals surface area contributed by atoms with Crippen molar-refractivity contribution in [1.82, 2.24) is 0 Å². The molecular weight excluding hydrogens is 290 g/mol. The van der Waals surface area contributed by atoms with Crippen molar-refractivity contribution in [3.8, 4) is 0 Å². The van der Waals surface area contributed by atoms with Crippen molar-refractivity contribution in [3.05, 3.63) is 29.6 Å². The fourth-order valence-electron chi connectivity index (χ4n) is 3.41. The van der Waals surface area contributed by atoms with Crippen molar-refractivity contribution in [2.24, 2.45) is 0 Å². The van der Waals surface area contributed by atoms with Gasteiger partial charge in [-0.3, -0.25) is 0 Å². The van der Waals surface area contributed by atoms with Crippen molar-refractivity contribution in [2.75, 3.05) is 0 Å². The van der Waals surface area contributed by atoms with E-state index < -0.39 is 0 Å². The average molecular weight is 333 g/mol. The number of pyridine rings is 1. The molecule has 1 heteroatoms. The van der Waals surface area contributed by atoms with Crippen LogP contribution in [0.2, 0.25) is 0 Å². The van der Waals surface area contributed by atoms with Gasteiger partial charge in [0.05, 0.1) is 0 Å². The third-order valence-electron chi connectivity index (χ3n) is 4.94. The molecule has 24 heavy (non-hydrogen) atoms. The lowest BCUT2D eigenvalue weighted by Crippen LogP contribution is -2.34. The number of aryl methyl sites for hydroxylation is 3. The maximum atomic E-state index is 2.49. The van der Waals surface area contributed by atoms with Crippen LogP contribution in [-0.4, -0.2) is 0 Å². The summed E-state index contributed by atoms with van der Waals surface area (Å²) in [7, 11) is 0. The summed E-state index contributed by atoms with van der Waals surface area (Å²) in [5.41, 5.74) is 3.12. The van der Waals surface area contributed by atoms with Crippen LogP contribution < -0.4 is 4.57 Å². The van der Waals surface area contributed by atoms with E-state index in [1.807, 2.05) is 0 Å². The van der Waals surface area contributed by atoms with Gasteiger partial charge in [-0.15, -0.1) is 0 Å². The van der Waals surface area contributed by atoms with Gasteiger partial charge in [0.2, 0.25) is 0 Å². The number of nitrogens with zero attached hydrogens (tertiary/aromatic N) is 1. The van der Waals surface area contributed by atoms with E-state index in [-0.39, 0.29) is 0 Å². The zero-order chi connectivity index (χ0) is 17.5. The SMILES string of the molecule is CCCCCCCC[n+]1cc(CCCCC)cc(CCCCC)c1. The van der Waals surface area contributed by atoms with Crippen LogP contribution in [0.15, 0.2) is 18.5 Å². The Kier molecular flexibility index (Phi) is 12.8. The molecule has 1 rings (SSSR count). The molecule has 0 amide bonds. The Balaban J connectivity index is 2.52. The van der Waals surface area contributed by atoms with E-state index in [2.05, 4.69) is 43.8 Å². The molecular formula is C23H42N+. The molecule has 0 fully saturated rings. The number of hydrogen-bond donors (Lipinski definition) is 0. The van der Waals surface area contributed by atoms with Gasteiger partial charge in [0, 0.05) is 17.5 Å². The van der Waals surface area contributed by atoms with Crippen LogP contribution in [0.5, 0.6) is 0 Å². The molecule has 0 radical (unpaired) electrons. The lowest BCUT2D eigenvalue weighted by molar-refractivity contribution is -0.698. The fourth-order valence-corrected chi connectivity index (χ4v) is 3.41. The van der Waals surface area contributed by atoms with Gasteiger partial charge in [0.25, 0.3) is 0 Å². The molecule has 1 nitrogen and oxygen atoms in total. The molecule has 0 atom stereocenters. The summed E-state index contributed by atoms with van der Waals surface area (Å²) in [6.07, 6.45) is 23.7. The minimum Gasteiger partial charge on any atom is -0.205 e. The van der Waals surface area contributed by atoms with Gasteiger partial charge in [-0.1, -0.05) is 72.1 Å². The third-order valence-corrected chi connectivity index (χ3v) is 4.94. The van der Waals surface area contributed by atoms with E-state index in [4.69, 9.17) is 0 Å². The molecule has 0 saturated heterocycles. The first kappa shape index (κ1) is 21.2. The molecule has 1 aromatic heterocycles. The van der Waals surface area contributed by atoms with E-state index in [1.165, 1.54) is 96.4 Å².